The Hall–Kier alpha value is -3.38. The maximum Gasteiger partial charge on any atom is 0.162 e. The van der Waals surface area contributed by atoms with E-state index >= 15 is 0 Å². The third-order valence-electron chi connectivity index (χ3n) is 4.69. The first-order valence-corrected chi connectivity index (χ1v) is 9.53. The number of aromatic nitrogens is 2. The number of fused-ring (bicyclic) bond motifs is 3. The maximum absolute atomic E-state index is 6.06. The zero-order valence-corrected chi connectivity index (χ0v) is 16.8. The molecule has 2 aromatic carbocycles. The van der Waals surface area contributed by atoms with Crippen molar-refractivity contribution in [3.8, 4) is 17.2 Å². The normalized spacial score (nSPS) is 11.2. The predicted octanol–water partition coefficient (Wildman–Crippen LogP) is 4.56. The van der Waals surface area contributed by atoms with E-state index in [0.717, 1.165) is 52.3 Å². The van der Waals surface area contributed by atoms with Crippen molar-refractivity contribution in [1.29, 1.82) is 0 Å². The Labute approximate surface area is 170 Å². The van der Waals surface area contributed by atoms with E-state index in [1.165, 1.54) is 0 Å². The summed E-state index contributed by atoms with van der Waals surface area (Å²) in [5.41, 5.74) is 0.717. The van der Waals surface area contributed by atoms with E-state index in [-0.39, 0.29) is 0 Å². The molecule has 0 amide bonds. The summed E-state index contributed by atoms with van der Waals surface area (Å²) in [4.78, 5) is 11.3. The molecule has 6 heteroatoms. The summed E-state index contributed by atoms with van der Waals surface area (Å²) in [7, 11) is 5.76. The van der Waals surface area contributed by atoms with Gasteiger partial charge in [0.2, 0.25) is 0 Å². The highest BCUT2D eigenvalue weighted by Gasteiger charge is 2.11. The van der Waals surface area contributed by atoms with Gasteiger partial charge in [-0.1, -0.05) is 0 Å². The van der Waals surface area contributed by atoms with Gasteiger partial charge in [0.1, 0.15) is 23.1 Å². The molecule has 148 valence electrons. The van der Waals surface area contributed by atoms with Crippen LogP contribution in [0.15, 0.2) is 60.8 Å². The van der Waals surface area contributed by atoms with E-state index in [0.29, 0.717) is 5.65 Å². The molecule has 0 spiro atoms. The van der Waals surface area contributed by atoms with Crippen LogP contribution < -0.4 is 14.8 Å². The van der Waals surface area contributed by atoms with Gasteiger partial charge < -0.3 is 19.7 Å². The van der Waals surface area contributed by atoms with Gasteiger partial charge in [0.15, 0.2) is 5.65 Å². The smallest absolute Gasteiger partial charge is 0.162 e. The molecule has 6 nitrogen and oxygen atoms in total. The van der Waals surface area contributed by atoms with Gasteiger partial charge in [-0.25, -0.2) is 9.97 Å². The Morgan fingerprint density at radius 2 is 1.66 bits per heavy atom. The molecule has 1 N–H and O–H groups in total. The Bertz CT molecular complexity index is 1130. The Balaban J connectivity index is 1.72. The number of hydrogen-bond donors (Lipinski definition) is 1. The molecule has 0 aliphatic carbocycles. The average molecular weight is 388 g/mol. The van der Waals surface area contributed by atoms with Gasteiger partial charge in [-0.15, -0.1) is 0 Å². The molecule has 0 bridgehead atoms. The van der Waals surface area contributed by atoms with Gasteiger partial charge in [0.25, 0.3) is 0 Å². The van der Waals surface area contributed by atoms with Crippen molar-refractivity contribution in [2.45, 2.75) is 0 Å². The minimum absolute atomic E-state index is 0.717. The first kappa shape index (κ1) is 19.0. The minimum atomic E-state index is 0.717. The Kier molecular flexibility index (Phi) is 5.44. The highest BCUT2D eigenvalue weighted by molar-refractivity contribution is 6.09. The standard InChI is InChI=1S/C23H24N4O2/c1-27(2)14-13-25-23-20-11-10-18(29-17-8-6-16(28-3)7-9-17)15-21(20)19-5-4-12-24-22(19)26-23/h4-12,15H,13-14H2,1-3H3,(H,24,25,26). The SMILES string of the molecule is COc1ccc(Oc2ccc3c(NCCN(C)C)nc4ncccc4c3c2)cc1. The van der Waals surface area contributed by atoms with Gasteiger partial charge >= 0.3 is 0 Å². The van der Waals surface area contributed by atoms with Crippen LogP contribution in [-0.2, 0) is 0 Å². The highest BCUT2D eigenvalue weighted by Crippen LogP contribution is 2.33. The molecule has 2 heterocycles. The molecule has 29 heavy (non-hydrogen) atoms. The Morgan fingerprint density at radius 3 is 2.41 bits per heavy atom. The number of pyridine rings is 2. The number of nitrogens with one attached hydrogen (secondary N) is 1. The van der Waals surface area contributed by atoms with Crippen LogP contribution in [-0.4, -0.2) is 49.2 Å². The van der Waals surface area contributed by atoms with Crippen molar-refractivity contribution in [1.82, 2.24) is 14.9 Å². The van der Waals surface area contributed by atoms with Gasteiger partial charge in [0.05, 0.1) is 7.11 Å². The maximum atomic E-state index is 6.06. The number of likely N-dealkylation sites (N-methyl/N-ethyl adjacent to an activating group) is 1. The van der Waals surface area contributed by atoms with Gasteiger partial charge in [-0.2, -0.15) is 0 Å². The van der Waals surface area contributed by atoms with Crippen molar-refractivity contribution < 1.29 is 9.47 Å². The monoisotopic (exact) mass is 388 g/mol. The lowest BCUT2D eigenvalue weighted by Gasteiger charge is -2.14. The highest BCUT2D eigenvalue weighted by atomic mass is 16.5. The summed E-state index contributed by atoms with van der Waals surface area (Å²) in [5, 5.41) is 6.55. The summed E-state index contributed by atoms with van der Waals surface area (Å²) in [6.45, 7) is 1.72. The van der Waals surface area contributed by atoms with E-state index in [2.05, 4.69) is 29.3 Å². The van der Waals surface area contributed by atoms with Crippen LogP contribution in [0.1, 0.15) is 0 Å². The van der Waals surface area contributed by atoms with Crippen LogP contribution in [0.5, 0.6) is 17.2 Å². The van der Waals surface area contributed by atoms with Crippen molar-refractivity contribution in [3.05, 3.63) is 60.8 Å². The number of hydrogen-bond acceptors (Lipinski definition) is 6. The molecule has 0 saturated heterocycles. The zero-order valence-electron chi connectivity index (χ0n) is 16.8. The summed E-state index contributed by atoms with van der Waals surface area (Å²) in [5.74, 6) is 3.15. The molecule has 0 aliphatic rings. The number of benzene rings is 2. The molecule has 0 fully saturated rings. The lowest BCUT2D eigenvalue weighted by atomic mass is 10.1. The van der Waals surface area contributed by atoms with Gasteiger partial charge in [-0.3, -0.25) is 0 Å². The quantitative estimate of drug-likeness (QED) is 0.469. The van der Waals surface area contributed by atoms with Gasteiger partial charge in [0, 0.05) is 35.4 Å². The molecular formula is C23H24N4O2. The minimum Gasteiger partial charge on any atom is -0.497 e. The third kappa shape index (κ3) is 4.22. The number of ether oxygens (including phenoxy) is 2. The second-order valence-electron chi connectivity index (χ2n) is 7.05. The van der Waals surface area contributed by atoms with Crippen molar-refractivity contribution in [2.75, 3.05) is 39.6 Å². The molecule has 4 rings (SSSR count). The molecule has 2 aromatic heterocycles. The van der Waals surface area contributed by atoms with Crippen LogP contribution in [0, 0.1) is 0 Å². The van der Waals surface area contributed by atoms with E-state index in [9.17, 15) is 0 Å². The molecule has 4 aromatic rings. The fourth-order valence-corrected chi connectivity index (χ4v) is 3.19. The predicted molar refractivity (Wildman–Crippen MR) is 117 cm³/mol. The van der Waals surface area contributed by atoms with Crippen LogP contribution in [0.3, 0.4) is 0 Å². The first-order valence-electron chi connectivity index (χ1n) is 9.53. The summed E-state index contributed by atoms with van der Waals surface area (Å²) in [6.07, 6.45) is 1.77. The van der Waals surface area contributed by atoms with E-state index in [4.69, 9.17) is 14.5 Å². The number of nitrogens with zero attached hydrogens (tertiary/aromatic N) is 3. The Morgan fingerprint density at radius 1 is 0.897 bits per heavy atom. The molecule has 0 unspecified atom stereocenters. The lowest BCUT2D eigenvalue weighted by molar-refractivity contribution is 0.413. The van der Waals surface area contributed by atoms with Crippen LogP contribution in [0.2, 0.25) is 0 Å². The molecule has 0 aliphatic heterocycles. The fourth-order valence-electron chi connectivity index (χ4n) is 3.19. The van der Waals surface area contributed by atoms with Crippen LogP contribution in [0.4, 0.5) is 5.82 Å². The molecule has 0 saturated carbocycles. The molecule has 0 atom stereocenters. The number of rotatable bonds is 7. The second kappa shape index (κ2) is 8.32. The topological polar surface area (TPSA) is 59.5 Å². The second-order valence-corrected chi connectivity index (χ2v) is 7.05. The molecular weight excluding hydrogens is 364 g/mol. The van der Waals surface area contributed by atoms with Crippen LogP contribution in [0.25, 0.3) is 21.8 Å². The van der Waals surface area contributed by atoms with E-state index in [1.54, 1.807) is 13.3 Å². The van der Waals surface area contributed by atoms with Gasteiger partial charge in [-0.05, 0) is 68.7 Å². The van der Waals surface area contributed by atoms with E-state index in [1.807, 2.05) is 54.6 Å². The van der Waals surface area contributed by atoms with E-state index < -0.39 is 0 Å². The number of methoxy groups -OCH3 is 1. The lowest BCUT2D eigenvalue weighted by Crippen LogP contribution is -2.21. The summed E-state index contributed by atoms with van der Waals surface area (Å²) < 4.78 is 11.3. The number of anilines is 1. The molecule has 0 radical (unpaired) electrons. The fraction of sp³-hybridized carbons (Fsp3) is 0.217. The van der Waals surface area contributed by atoms with Crippen molar-refractivity contribution >= 4 is 27.6 Å². The largest absolute Gasteiger partial charge is 0.497 e. The summed E-state index contributed by atoms with van der Waals surface area (Å²) >= 11 is 0. The summed E-state index contributed by atoms with van der Waals surface area (Å²) in [6, 6.07) is 17.6. The van der Waals surface area contributed by atoms with Crippen LogP contribution >= 0.6 is 0 Å². The third-order valence-corrected chi connectivity index (χ3v) is 4.69. The van der Waals surface area contributed by atoms with Crippen molar-refractivity contribution in [3.63, 3.8) is 0 Å². The first-order chi connectivity index (χ1) is 14.1. The zero-order chi connectivity index (χ0) is 20.2. The van der Waals surface area contributed by atoms with Crippen molar-refractivity contribution in [2.24, 2.45) is 0 Å². The average Bonchev–Trinajstić information content (AvgIpc) is 2.74.